The molecule has 0 saturated carbocycles. The van der Waals surface area contributed by atoms with Crippen molar-refractivity contribution in [2.75, 3.05) is 0 Å². The van der Waals surface area contributed by atoms with Gasteiger partial charge in [0.15, 0.2) is 0 Å². The quantitative estimate of drug-likeness (QED) is 0.705. The van der Waals surface area contributed by atoms with Crippen LogP contribution < -0.4 is 0 Å². The number of aliphatic hydroxyl groups excluding tert-OH is 1. The summed E-state index contributed by atoms with van der Waals surface area (Å²) in [5.41, 5.74) is 5.05. The van der Waals surface area contributed by atoms with Gasteiger partial charge in [0, 0.05) is 19.0 Å². The first-order valence-electron chi connectivity index (χ1n) is 8.10. The van der Waals surface area contributed by atoms with Gasteiger partial charge in [-0.2, -0.15) is 10.2 Å². The smallest absolute Gasteiger partial charge is 0.123 e. The lowest BCUT2D eigenvalue weighted by molar-refractivity contribution is 0.280. The molecule has 7 heteroatoms. The zero-order valence-corrected chi connectivity index (χ0v) is 16.0. The van der Waals surface area contributed by atoms with Crippen molar-refractivity contribution in [3.05, 3.63) is 62.9 Å². The molecule has 132 valence electrons. The number of aromatic nitrogens is 4. The molecule has 0 bridgehead atoms. The summed E-state index contributed by atoms with van der Waals surface area (Å²) in [6.07, 6.45) is 1.46. The largest absolute Gasteiger partial charge is 0.392 e. The molecule has 1 N–H and O–H groups in total. The Hall–Kier alpha value is -1.99. The van der Waals surface area contributed by atoms with Gasteiger partial charge in [-0.3, -0.25) is 4.68 Å². The highest BCUT2D eigenvalue weighted by atomic mass is 79.9. The Morgan fingerprint density at radius 2 is 2.00 bits per heavy atom. The first-order chi connectivity index (χ1) is 11.9. The molecule has 0 spiro atoms. The summed E-state index contributed by atoms with van der Waals surface area (Å²) >= 11 is 3.64. The van der Waals surface area contributed by atoms with Crippen LogP contribution in [0.4, 0.5) is 4.39 Å². The Kier molecular flexibility index (Phi) is 5.06. The van der Waals surface area contributed by atoms with E-state index < -0.39 is 0 Å². The van der Waals surface area contributed by atoms with E-state index in [1.54, 1.807) is 10.7 Å². The van der Waals surface area contributed by atoms with E-state index in [0.717, 1.165) is 33.7 Å². The van der Waals surface area contributed by atoms with Crippen LogP contribution >= 0.6 is 15.9 Å². The topological polar surface area (TPSA) is 55.9 Å². The summed E-state index contributed by atoms with van der Waals surface area (Å²) < 4.78 is 18.1. The number of rotatable bonds is 5. The van der Waals surface area contributed by atoms with E-state index in [1.807, 2.05) is 24.7 Å². The van der Waals surface area contributed by atoms with Crippen molar-refractivity contribution < 1.29 is 9.50 Å². The second kappa shape index (κ2) is 7.09. The number of halogens is 2. The van der Waals surface area contributed by atoms with Gasteiger partial charge in [0.25, 0.3) is 0 Å². The molecule has 2 aromatic heterocycles. The van der Waals surface area contributed by atoms with Gasteiger partial charge in [-0.25, -0.2) is 9.07 Å². The minimum absolute atomic E-state index is 0.249. The van der Waals surface area contributed by atoms with Crippen LogP contribution in [0.15, 0.2) is 28.7 Å². The molecule has 0 unspecified atom stereocenters. The number of aryl methyl sites for hydroxylation is 3. The SMILES string of the molecule is CCc1nn(C)c(Cc2cc(C)nn2-c2ccc(F)cc2CO)c1Br. The van der Waals surface area contributed by atoms with Gasteiger partial charge in [0.05, 0.1) is 39.5 Å². The van der Waals surface area contributed by atoms with Gasteiger partial charge < -0.3 is 5.11 Å². The fourth-order valence-electron chi connectivity index (χ4n) is 2.96. The summed E-state index contributed by atoms with van der Waals surface area (Å²) in [5.74, 6) is -0.375. The van der Waals surface area contributed by atoms with E-state index in [0.29, 0.717) is 17.7 Å². The van der Waals surface area contributed by atoms with Crippen molar-refractivity contribution in [3.63, 3.8) is 0 Å². The molecule has 0 aliphatic heterocycles. The van der Waals surface area contributed by atoms with Gasteiger partial charge in [-0.1, -0.05) is 6.92 Å². The van der Waals surface area contributed by atoms with E-state index >= 15 is 0 Å². The molecule has 0 amide bonds. The van der Waals surface area contributed by atoms with Crippen molar-refractivity contribution >= 4 is 15.9 Å². The average molecular weight is 407 g/mol. The summed E-state index contributed by atoms with van der Waals surface area (Å²) in [4.78, 5) is 0. The van der Waals surface area contributed by atoms with Crippen LogP contribution in [0, 0.1) is 12.7 Å². The van der Waals surface area contributed by atoms with Crippen LogP contribution in [0.25, 0.3) is 5.69 Å². The number of nitrogens with zero attached hydrogens (tertiary/aromatic N) is 4. The number of hydrogen-bond acceptors (Lipinski definition) is 3. The second-order valence-electron chi connectivity index (χ2n) is 5.98. The third kappa shape index (κ3) is 3.39. The molecule has 3 rings (SSSR count). The molecular weight excluding hydrogens is 387 g/mol. The molecule has 3 aromatic rings. The first kappa shape index (κ1) is 17.8. The van der Waals surface area contributed by atoms with Crippen LogP contribution in [-0.2, 0) is 26.5 Å². The summed E-state index contributed by atoms with van der Waals surface area (Å²) in [5, 5.41) is 18.7. The van der Waals surface area contributed by atoms with Gasteiger partial charge in [0.2, 0.25) is 0 Å². The van der Waals surface area contributed by atoms with Gasteiger partial charge >= 0.3 is 0 Å². The van der Waals surface area contributed by atoms with E-state index in [9.17, 15) is 9.50 Å². The normalized spacial score (nSPS) is 11.3. The zero-order chi connectivity index (χ0) is 18.1. The predicted molar refractivity (Wildman–Crippen MR) is 97.3 cm³/mol. The molecule has 0 aliphatic rings. The van der Waals surface area contributed by atoms with Crippen LogP contribution in [-0.4, -0.2) is 24.7 Å². The molecule has 25 heavy (non-hydrogen) atoms. The van der Waals surface area contributed by atoms with Crippen molar-refractivity contribution in [1.82, 2.24) is 19.6 Å². The van der Waals surface area contributed by atoms with E-state index in [2.05, 4.69) is 33.1 Å². The van der Waals surface area contributed by atoms with E-state index in [4.69, 9.17) is 0 Å². The fraction of sp³-hybridized carbons (Fsp3) is 0.333. The lowest BCUT2D eigenvalue weighted by Crippen LogP contribution is -2.09. The minimum Gasteiger partial charge on any atom is -0.392 e. The highest BCUT2D eigenvalue weighted by molar-refractivity contribution is 9.10. The van der Waals surface area contributed by atoms with Gasteiger partial charge in [-0.15, -0.1) is 0 Å². The predicted octanol–water partition coefficient (Wildman–Crippen LogP) is 3.46. The van der Waals surface area contributed by atoms with Gasteiger partial charge in [0.1, 0.15) is 5.82 Å². The molecular formula is C18H20BrFN4O. The summed E-state index contributed by atoms with van der Waals surface area (Å²) in [7, 11) is 1.92. The van der Waals surface area contributed by atoms with E-state index in [-0.39, 0.29) is 12.4 Å². The van der Waals surface area contributed by atoms with Crippen molar-refractivity contribution in [1.29, 1.82) is 0 Å². The molecule has 0 saturated heterocycles. The van der Waals surface area contributed by atoms with Crippen LogP contribution in [0.3, 0.4) is 0 Å². The number of aliphatic hydroxyl groups is 1. The van der Waals surface area contributed by atoms with Crippen LogP contribution in [0.2, 0.25) is 0 Å². The summed E-state index contributed by atoms with van der Waals surface area (Å²) in [6, 6.07) is 6.36. The van der Waals surface area contributed by atoms with Crippen molar-refractivity contribution in [2.24, 2.45) is 7.05 Å². The van der Waals surface area contributed by atoms with Crippen LogP contribution in [0.5, 0.6) is 0 Å². The Labute approximate surface area is 154 Å². The molecule has 0 aliphatic carbocycles. The molecule has 1 aromatic carbocycles. The highest BCUT2D eigenvalue weighted by Crippen LogP contribution is 2.26. The third-order valence-corrected chi connectivity index (χ3v) is 5.11. The molecule has 0 radical (unpaired) electrons. The average Bonchev–Trinajstić information content (AvgIpc) is 3.08. The zero-order valence-electron chi connectivity index (χ0n) is 14.4. The maximum atomic E-state index is 13.5. The van der Waals surface area contributed by atoms with Crippen molar-refractivity contribution in [2.45, 2.75) is 33.3 Å². The van der Waals surface area contributed by atoms with Crippen LogP contribution in [0.1, 0.15) is 35.3 Å². The van der Waals surface area contributed by atoms with E-state index in [1.165, 1.54) is 12.1 Å². The minimum atomic E-state index is -0.375. The maximum absolute atomic E-state index is 13.5. The Bertz CT molecular complexity index is 916. The third-order valence-electron chi connectivity index (χ3n) is 4.20. The molecule has 0 atom stereocenters. The molecule has 2 heterocycles. The Balaban J connectivity index is 2.07. The lowest BCUT2D eigenvalue weighted by atomic mass is 10.1. The molecule has 0 fully saturated rings. The Morgan fingerprint density at radius 1 is 1.24 bits per heavy atom. The second-order valence-corrected chi connectivity index (χ2v) is 6.77. The van der Waals surface area contributed by atoms with Crippen molar-refractivity contribution in [3.8, 4) is 5.69 Å². The highest BCUT2D eigenvalue weighted by Gasteiger charge is 2.17. The lowest BCUT2D eigenvalue weighted by Gasteiger charge is -2.12. The number of benzene rings is 1. The summed E-state index contributed by atoms with van der Waals surface area (Å²) in [6.45, 7) is 3.73. The fourth-order valence-corrected chi connectivity index (χ4v) is 3.71. The number of hydrogen-bond donors (Lipinski definition) is 1. The maximum Gasteiger partial charge on any atom is 0.123 e. The standard InChI is InChI=1S/C18H20BrFN4O/c1-4-15-18(19)17(23(3)22-15)9-14-7-11(2)21-24(14)16-6-5-13(20)8-12(16)10-25/h5-8,25H,4,9-10H2,1-3H3. The molecule has 5 nitrogen and oxygen atoms in total. The Morgan fingerprint density at radius 3 is 2.64 bits per heavy atom. The van der Waals surface area contributed by atoms with Gasteiger partial charge in [-0.05, 0) is 53.5 Å². The monoisotopic (exact) mass is 406 g/mol. The first-order valence-corrected chi connectivity index (χ1v) is 8.89.